The van der Waals surface area contributed by atoms with Crippen molar-refractivity contribution in [3.05, 3.63) is 35.9 Å². The fourth-order valence-electron chi connectivity index (χ4n) is 1.84. The summed E-state index contributed by atoms with van der Waals surface area (Å²) in [5.74, 6) is -5.35. The molecule has 0 saturated heterocycles. The van der Waals surface area contributed by atoms with Crippen molar-refractivity contribution in [1.29, 1.82) is 0 Å². The van der Waals surface area contributed by atoms with Crippen molar-refractivity contribution < 1.29 is 39.3 Å². The van der Waals surface area contributed by atoms with Crippen molar-refractivity contribution in [3.63, 3.8) is 0 Å². The Balaban J connectivity index is 0.000000446. The van der Waals surface area contributed by atoms with Crippen LogP contribution in [0.3, 0.4) is 0 Å². The van der Waals surface area contributed by atoms with Crippen LogP contribution < -0.4 is 5.11 Å². The lowest BCUT2D eigenvalue weighted by Gasteiger charge is -2.25. The predicted molar refractivity (Wildman–Crippen MR) is 82.6 cm³/mol. The molecule has 8 heteroatoms. The molecule has 0 heterocycles. The van der Waals surface area contributed by atoms with Crippen LogP contribution in [0.2, 0.25) is 0 Å². The SMILES string of the molecule is C[N+](C)(C)Cc1ccccc1.O=C(O)CC(O)(CC(=O)O)C(=O)[O-]. The number of hydrogen-bond acceptors (Lipinski definition) is 5. The molecule has 0 atom stereocenters. The molecule has 134 valence electrons. The second-order valence-corrected chi connectivity index (χ2v) is 6.39. The molecule has 1 aromatic carbocycles. The van der Waals surface area contributed by atoms with Crippen LogP contribution in [0.25, 0.3) is 0 Å². The van der Waals surface area contributed by atoms with Crippen molar-refractivity contribution in [3.8, 4) is 0 Å². The van der Waals surface area contributed by atoms with E-state index in [1.807, 2.05) is 0 Å². The van der Waals surface area contributed by atoms with Gasteiger partial charge in [0, 0.05) is 5.56 Å². The van der Waals surface area contributed by atoms with Gasteiger partial charge in [0.25, 0.3) is 0 Å². The summed E-state index contributed by atoms with van der Waals surface area (Å²) in [5, 5.41) is 35.5. The molecule has 0 fully saturated rings. The fraction of sp³-hybridized carbons (Fsp3) is 0.438. The van der Waals surface area contributed by atoms with Gasteiger partial charge >= 0.3 is 11.9 Å². The minimum absolute atomic E-state index is 0.990. The molecule has 0 aliphatic heterocycles. The summed E-state index contributed by atoms with van der Waals surface area (Å²) in [6, 6.07) is 10.6. The summed E-state index contributed by atoms with van der Waals surface area (Å²) in [6.45, 7) is 1.10. The van der Waals surface area contributed by atoms with Gasteiger partial charge in [-0.15, -0.1) is 0 Å². The molecular weight excluding hydrogens is 318 g/mol. The van der Waals surface area contributed by atoms with Crippen LogP contribution >= 0.6 is 0 Å². The van der Waals surface area contributed by atoms with Crippen LogP contribution in [0.1, 0.15) is 18.4 Å². The lowest BCUT2D eigenvalue weighted by molar-refractivity contribution is -0.884. The van der Waals surface area contributed by atoms with Gasteiger partial charge in [-0.2, -0.15) is 0 Å². The molecule has 0 spiro atoms. The van der Waals surface area contributed by atoms with Gasteiger partial charge in [-0.25, -0.2) is 0 Å². The maximum absolute atomic E-state index is 10.2. The highest BCUT2D eigenvalue weighted by atomic mass is 16.4. The van der Waals surface area contributed by atoms with Gasteiger partial charge in [0.1, 0.15) is 12.1 Å². The summed E-state index contributed by atoms with van der Waals surface area (Å²) < 4.78 is 0.990. The van der Waals surface area contributed by atoms with E-state index < -0.39 is 36.4 Å². The largest absolute Gasteiger partial charge is 0.547 e. The molecule has 0 bridgehead atoms. The summed E-state index contributed by atoms with van der Waals surface area (Å²) in [6.07, 6.45) is -2.41. The first-order valence-electron chi connectivity index (χ1n) is 7.07. The number of carbonyl (C=O) groups is 3. The summed E-state index contributed by atoms with van der Waals surface area (Å²) in [7, 11) is 6.60. The third-order valence-corrected chi connectivity index (χ3v) is 2.77. The third-order valence-electron chi connectivity index (χ3n) is 2.77. The molecule has 0 unspecified atom stereocenters. The molecule has 1 aromatic rings. The Morgan fingerprint density at radius 3 is 1.71 bits per heavy atom. The molecule has 0 aliphatic rings. The zero-order valence-corrected chi connectivity index (χ0v) is 13.9. The van der Waals surface area contributed by atoms with Crippen molar-refractivity contribution in [2.24, 2.45) is 0 Å². The zero-order chi connectivity index (χ0) is 19.0. The summed E-state index contributed by atoms with van der Waals surface area (Å²) in [5.41, 5.74) is -1.45. The Labute approximate surface area is 140 Å². The molecule has 8 nitrogen and oxygen atoms in total. The van der Waals surface area contributed by atoms with Gasteiger partial charge < -0.3 is 29.7 Å². The quantitative estimate of drug-likeness (QED) is 0.559. The van der Waals surface area contributed by atoms with Gasteiger partial charge in [0.05, 0.1) is 40.0 Å². The molecule has 0 saturated carbocycles. The van der Waals surface area contributed by atoms with Crippen molar-refractivity contribution in [2.75, 3.05) is 21.1 Å². The highest BCUT2D eigenvalue weighted by Gasteiger charge is 2.34. The van der Waals surface area contributed by atoms with Crippen LogP contribution in [0, 0.1) is 0 Å². The number of carboxylic acid groups (broad SMARTS) is 3. The van der Waals surface area contributed by atoms with Gasteiger partial charge in [-0.05, 0) is 0 Å². The zero-order valence-electron chi connectivity index (χ0n) is 13.9. The second kappa shape index (κ2) is 8.99. The minimum Gasteiger partial charge on any atom is -0.547 e. The van der Waals surface area contributed by atoms with E-state index in [0.717, 1.165) is 11.0 Å². The van der Waals surface area contributed by atoms with Crippen LogP contribution in [0.4, 0.5) is 0 Å². The molecule has 24 heavy (non-hydrogen) atoms. The van der Waals surface area contributed by atoms with E-state index in [-0.39, 0.29) is 0 Å². The average molecular weight is 341 g/mol. The van der Waals surface area contributed by atoms with Crippen LogP contribution in [0.15, 0.2) is 30.3 Å². The molecule has 1 rings (SSSR count). The van der Waals surface area contributed by atoms with Gasteiger partial charge in [-0.1, -0.05) is 30.3 Å². The van der Waals surface area contributed by atoms with E-state index in [2.05, 4.69) is 51.5 Å². The molecule has 3 N–H and O–H groups in total. The number of benzene rings is 1. The first-order chi connectivity index (χ1) is 10.9. The Bertz CT molecular complexity index is 548. The predicted octanol–water partition coefficient (Wildman–Crippen LogP) is -0.690. The molecule has 0 aliphatic carbocycles. The number of rotatable bonds is 7. The fourth-order valence-corrected chi connectivity index (χ4v) is 1.84. The normalized spacial score (nSPS) is 11.2. The lowest BCUT2D eigenvalue weighted by Crippen LogP contribution is -2.51. The van der Waals surface area contributed by atoms with Crippen LogP contribution in [0.5, 0.6) is 0 Å². The van der Waals surface area contributed by atoms with Crippen molar-refractivity contribution in [2.45, 2.75) is 25.0 Å². The van der Waals surface area contributed by atoms with E-state index in [1.165, 1.54) is 5.56 Å². The Morgan fingerprint density at radius 2 is 1.42 bits per heavy atom. The van der Waals surface area contributed by atoms with E-state index >= 15 is 0 Å². The standard InChI is InChI=1S/C10H16N.C6H8O7/c1-11(2,3)9-10-7-5-4-6-8-10;7-3(8)1-6(13,5(11)12)2-4(9)10/h4-8H,9H2,1-3H3;13H,1-2H2,(H,7,8)(H,9,10)(H,11,12)/q+1;/p-1. The Morgan fingerprint density at radius 1 is 1.00 bits per heavy atom. The van der Waals surface area contributed by atoms with Gasteiger partial charge in [-0.3, -0.25) is 9.59 Å². The third kappa shape index (κ3) is 9.54. The highest BCUT2D eigenvalue weighted by Crippen LogP contribution is 2.14. The maximum atomic E-state index is 10.2. The monoisotopic (exact) mass is 341 g/mol. The molecular formula is C16H23NO7. The first kappa shape index (κ1) is 21.6. The van der Waals surface area contributed by atoms with Gasteiger partial charge in [0.2, 0.25) is 0 Å². The number of carboxylic acids is 3. The van der Waals surface area contributed by atoms with E-state index in [4.69, 9.17) is 15.3 Å². The second-order valence-electron chi connectivity index (χ2n) is 6.39. The van der Waals surface area contributed by atoms with Crippen molar-refractivity contribution in [1.82, 2.24) is 0 Å². The number of aliphatic hydroxyl groups is 1. The number of aliphatic carboxylic acids is 3. The Kier molecular flexibility index (Phi) is 8.08. The highest BCUT2D eigenvalue weighted by molar-refractivity contribution is 5.86. The van der Waals surface area contributed by atoms with Crippen LogP contribution in [-0.4, -0.2) is 64.5 Å². The topological polar surface area (TPSA) is 135 Å². The first-order valence-corrected chi connectivity index (χ1v) is 7.07. The molecule has 0 amide bonds. The lowest BCUT2D eigenvalue weighted by atomic mass is 9.96. The average Bonchev–Trinajstić information content (AvgIpc) is 2.36. The smallest absolute Gasteiger partial charge is 0.306 e. The minimum atomic E-state index is -2.85. The number of carbonyl (C=O) groups excluding carboxylic acids is 1. The Hall–Kier alpha value is -2.45. The maximum Gasteiger partial charge on any atom is 0.306 e. The number of hydrogen-bond donors (Lipinski definition) is 3. The van der Waals surface area contributed by atoms with E-state index in [1.54, 1.807) is 0 Å². The summed E-state index contributed by atoms with van der Waals surface area (Å²) >= 11 is 0. The molecule has 0 radical (unpaired) electrons. The van der Waals surface area contributed by atoms with Gasteiger partial charge in [0.15, 0.2) is 0 Å². The number of nitrogens with zero attached hydrogens (tertiary/aromatic N) is 1. The number of quaternary nitrogens is 1. The molecule has 0 aromatic heterocycles. The van der Waals surface area contributed by atoms with Crippen molar-refractivity contribution >= 4 is 17.9 Å². The van der Waals surface area contributed by atoms with E-state index in [9.17, 15) is 19.5 Å². The van der Waals surface area contributed by atoms with E-state index in [0.29, 0.717) is 0 Å². The van der Waals surface area contributed by atoms with Crippen LogP contribution in [-0.2, 0) is 20.9 Å². The summed E-state index contributed by atoms with van der Waals surface area (Å²) in [4.78, 5) is 30.3.